The van der Waals surface area contributed by atoms with Gasteiger partial charge < -0.3 is 9.79 Å². The first-order chi connectivity index (χ1) is 11.7. The maximum Gasteiger partial charge on any atom is 0.470 e. The van der Waals surface area contributed by atoms with E-state index in [9.17, 15) is 14.4 Å². The Labute approximate surface area is 157 Å². The Hall–Kier alpha value is -1.19. The molecular weight excluding hydrogens is 347 g/mol. The number of rotatable bonds is 4. The lowest BCUT2D eigenvalue weighted by atomic mass is 9.63. The van der Waals surface area contributed by atoms with Crippen LogP contribution in [-0.2, 0) is 15.5 Å². The first-order valence-electron chi connectivity index (χ1n) is 8.96. The molecule has 1 aliphatic carbocycles. The minimum Gasteiger partial charge on any atom is -0.303 e. The molecule has 0 amide bonds. The number of phosphoric acid groups is 1. The van der Waals surface area contributed by atoms with E-state index in [4.69, 9.17) is 4.52 Å². The predicted molar refractivity (Wildman–Crippen MR) is 106 cm³/mol. The molecule has 0 aromatic heterocycles. The SMILES string of the molecule is CC(C)(C)C1=CC(Cc2ccccc2)C(OP(=O)(O)O)(C(C)(C)C)C=C1. The van der Waals surface area contributed by atoms with Crippen molar-refractivity contribution in [2.75, 3.05) is 0 Å². The maximum atomic E-state index is 11.8. The molecule has 26 heavy (non-hydrogen) atoms. The van der Waals surface area contributed by atoms with Crippen LogP contribution in [0.25, 0.3) is 0 Å². The van der Waals surface area contributed by atoms with E-state index in [1.54, 1.807) is 0 Å². The molecule has 4 nitrogen and oxygen atoms in total. The van der Waals surface area contributed by atoms with E-state index in [0.717, 1.165) is 11.1 Å². The summed E-state index contributed by atoms with van der Waals surface area (Å²) < 4.78 is 17.4. The molecule has 1 aromatic rings. The summed E-state index contributed by atoms with van der Waals surface area (Å²) in [6.07, 6.45) is 6.60. The highest BCUT2D eigenvalue weighted by Gasteiger charge is 2.52. The second kappa shape index (κ2) is 7.09. The van der Waals surface area contributed by atoms with Gasteiger partial charge in [0, 0.05) is 5.92 Å². The zero-order valence-electron chi connectivity index (χ0n) is 16.6. The molecule has 0 aliphatic heterocycles. The summed E-state index contributed by atoms with van der Waals surface area (Å²) in [5, 5.41) is 0. The molecule has 0 bridgehead atoms. The molecule has 144 valence electrons. The van der Waals surface area contributed by atoms with E-state index in [1.165, 1.54) is 0 Å². The van der Waals surface area contributed by atoms with Crippen molar-refractivity contribution >= 4 is 7.82 Å². The molecule has 1 aliphatic rings. The summed E-state index contributed by atoms with van der Waals surface area (Å²) in [6, 6.07) is 9.99. The van der Waals surface area contributed by atoms with Gasteiger partial charge in [-0.05, 0) is 28.4 Å². The fourth-order valence-electron chi connectivity index (χ4n) is 3.55. The van der Waals surface area contributed by atoms with Gasteiger partial charge in [-0.3, -0.25) is 4.52 Å². The van der Waals surface area contributed by atoms with Crippen LogP contribution in [0.1, 0.15) is 47.1 Å². The highest BCUT2D eigenvalue weighted by atomic mass is 31.2. The van der Waals surface area contributed by atoms with E-state index in [2.05, 4.69) is 26.8 Å². The minimum atomic E-state index is -4.68. The van der Waals surface area contributed by atoms with Crippen LogP contribution in [0.2, 0.25) is 0 Å². The van der Waals surface area contributed by atoms with Crippen LogP contribution in [0.5, 0.6) is 0 Å². The molecule has 0 radical (unpaired) electrons. The number of allylic oxidation sites excluding steroid dienone is 2. The molecule has 2 N–H and O–H groups in total. The summed E-state index contributed by atoms with van der Waals surface area (Å²) in [6.45, 7) is 12.3. The van der Waals surface area contributed by atoms with E-state index in [0.29, 0.717) is 6.42 Å². The van der Waals surface area contributed by atoms with E-state index in [1.807, 2.05) is 63.3 Å². The van der Waals surface area contributed by atoms with Crippen molar-refractivity contribution < 1.29 is 18.9 Å². The molecule has 2 unspecified atom stereocenters. The lowest BCUT2D eigenvalue weighted by Crippen LogP contribution is -2.51. The van der Waals surface area contributed by atoms with Crippen LogP contribution in [0.15, 0.2) is 54.1 Å². The lowest BCUT2D eigenvalue weighted by molar-refractivity contribution is -0.0458. The third-order valence-electron chi connectivity index (χ3n) is 5.05. The lowest BCUT2D eigenvalue weighted by Gasteiger charge is -2.49. The zero-order valence-corrected chi connectivity index (χ0v) is 17.5. The van der Waals surface area contributed by atoms with Crippen LogP contribution in [0.3, 0.4) is 0 Å². The quantitative estimate of drug-likeness (QED) is 0.700. The van der Waals surface area contributed by atoms with Crippen LogP contribution >= 0.6 is 7.82 Å². The van der Waals surface area contributed by atoms with Gasteiger partial charge in [-0.1, -0.05) is 90.1 Å². The normalized spacial score (nSPS) is 24.5. The maximum absolute atomic E-state index is 11.8. The largest absolute Gasteiger partial charge is 0.470 e. The molecule has 0 saturated heterocycles. The van der Waals surface area contributed by atoms with Gasteiger partial charge >= 0.3 is 7.82 Å². The average molecular weight is 378 g/mol. The highest BCUT2D eigenvalue weighted by Crippen LogP contribution is 2.55. The molecular formula is C21H31O4P. The number of phosphoric ester groups is 1. The predicted octanol–water partition coefficient (Wildman–Crippen LogP) is 5.28. The highest BCUT2D eigenvalue weighted by molar-refractivity contribution is 7.46. The second-order valence-electron chi connectivity index (χ2n) is 9.13. The summed E-state index contributed by atoms with van der Waals surface area (Å²) in [4.78, 5) is 19.3. The third-order valence-corrected chi connectivity index (χ3v) is 5.59. The van der Waals surface area contributed by atoms with Crippen LogP contribution < -0.4 is 0 Å². The Bertz CT molecular complexity index is 732. The van der Waals surface area contributed by atoms with E-state index >= 15 is 0 Å². The molecule has 2 atom stereocenters. The first kappa shape index (κ1) is 21.1. The van der Waals surface area contributed by atoms with Gasteiger partial charge in [0.15, 0.2) is 0 Å². The molecule has 5 heteroatoms. The van der Waals surface area contributed by atoms with Crippen LogP contribution in [0, 0.1) is 16.7 Å². The average Bonchev–Trinajstić information content (AvgIpc) is 2.46. The Morgan fingerprint density at radius 3 is 2.12 bits per heavy atom. The van der Waals surface area contributed by atoms with Gasteiger partial charge in [-0.2, -0.15) is 0 Å². The molecule has 2 rings (SSSR count). The van der Waals surface area contributed by atoms with Gasteiger partial charge in [-0.25, -0.2) is 4.57 Å². The Morgan fingerprint density at radius 2 is 1.65 bits per heavy atom. The van der Waals surface area contributed by atoms with Crippen LogP contribution in [0.4, 0.5) is 0 Å². The monoisotopic (exact) mass is 378 g/mol. The van der Waals surface area contributed by atoms with Crippen LogP contribution in [-0.4, -0.2) is 15.4 Å². The molecule has 1 aromatic carbocycles. The summed E-state index contributed by atoms with van der Waals surface area (Å²) in [5.74, 6) is -0.197. The number of benzene rings is 1. The van der Waals surface area contributed by atoms with Crippen molar-refractivity contribution in [2.45, 2.75) is 53.6 Å². The van der Waals surface area contributed by atoms with Gasteiger partial charge in [-0.15, -0.1) is 0 Å². The van der Waals surface area contributed by atoms with Crippen molar-refractivity contribution in [3.8, 4) is 0 Å². The van der Waals surface area contributed by atoms with Crippen molar-refractivity contribution in [1.82, 2.24) is 0 Å². The van der Waals surface area contributed by atoms with Crippen molar-refractivity contribution in [3.63, 3.8) is 0 Å². The van der Waals surface area contributed by atoms with Gasteiger partial charge in [0.1, 0.15) is 5.60 Å². The molecule has 0 fully saturated rings. The summed E-state index contributed by atoms with van der Waals surface area (Å²) >= 11 is 0. The topological polar surface area (TPSA) is 66.8 Å². The summed E-state index contributed by atoms with van der Waals surface area (Å²) in [5.41, 5.74) is 0.589. The Morgan fingerprint density at radius 1 is 1.08 bits per heavy atom. The third kappa shape index (κ3) is 4.75. The smallest absolute Gasteiger partial charge is 0.303 e. The van der Waals surface area contributed by atoms with Gasteiger partial charge in [0.25, 0.3) is 0 Å². The molecule has 0 heterocycles. The second-order valence-corrected chi connectivity index (χ2v) is 10.3. The minimum absolute atomic E-state index is 0.0579. The summed E-state index contributed by atoms with van der Waals surface area (Å²) in [7, 11) is -4.68. The zero-order chi connectivity index (χ0) is 19.8. The number of hydrogen-bond acceptors (Lipinski definition) is 2. The first-order valence-corrected chi connectivity index (χ1v) is 10.5. The van der Waals surface area contributed by atoms with E-state index in [-0.39, 0.29) is 11.3 Å². The van der Waals surface area contributed by atoms with Crippen molar-refractivity contribution in [1.29, 1.82) is 0 Å². The standard InChI is InChI=1S/C21H31O4P/c1-19(2,3)17-12-13-21(20(4,5)6,25-26(22,23)24)18(15-17)14-16-10-8-7-9-11-16/h7-13,15,18H,14H2,1-6H3,(H2,22,23,24). The van der Waals surface area contributed by atoms with Gasteiger partial charge in [0.2, 0.25) is 0 Å². The molecule has 0 spiro atoms. The fraction of sp³-hybridized carbons (Fsp3) is 0.524. The molecule has 0 saturated carbocycles. The Balaban J connectivity index is 2.58. The van der Waals surface area contributed by atoms with Crippen molar-refractivity contribution in [2.24, 2.45) is 16.7 Å². The van der Waals surface area contributed by atoms with Crippen molar-refractivity contribution in [3.05, 3.63) is 59.7 Å². The Kier molecular flexibility index (Phi) is 5.76. The fourth-order valence-corrected chi connectivity index (χ4v) is 4.41. The van der Waals surface area contributed by atoms with E-state index < -0.39 is 18.8 Å². The van der Waals surface area contributed by atoms with Gasteiger partial charge in [0.05, 0.1) is 0 Å². The number of hydrogen-bond donors (Lipinski definition) is 2.